The molecule has 3 aromatic carbocycles. The van der Waals surface area contributed by atoms with Crippen LogP contribution in [-0.2, 0) is 25.8 Å². The Kier molecular flexibility index (Phi) is 8.09. The molecule has 0 aliphatic rings. The van der Waals surface area contributed by atoms with Crippen LogP contribution in [0.2, 0.25) is 0 Å². The van der Waals surface area contributed by atoms with Gasteiger partial charge in [-0.3, -0.25) is 18.9 Å². The Morgan fingerprint density at radius 1 is 0.864 bits per heavy atom. The number of hydrogen-bond acceptors (Lipinski definition) is 8. The second-order valence-corrected chi connectivity index (χ2v) is 10.5. The van der Waals surface area contributed by atoms with Crippen molar-refractivity contribution < 1.29 is 13.4 Å². The van der Waals surface area contributed by atoms with Gasteiger partial charge in [0.15, 0.2) is 11.6 Å². The maximum absolute atomic E-state index is 13.9. The summed E-state index contributed by atoms with van der Waals surface area (Å²) in [7, 11) is 0. The fraction of sp³-hybridized carbons (Fsp3) is 0.212. The first-order chi connectivity index (χ1) is 21.4. The van der Waals surface area contributed by atoms with Crippen molar-refractivity contribution in [3.8, 4) is 22.5 Å². The van der Waals surface area contributed by atoms with Gasteiger partial charge in [-0.25, -0.2) is 14.2 Å². The minimum absolute atomic E-state index is 0.139. The molecule has 0 spiro atoms. The van der Waals surface area contributed by atoms with Crippen LogP contribution in [0.15, 0.2) is 91.4 Å². The van der Waals surface area contributed by atoms with Crippen LogP contribution >= 0.6 is 0 Å². The van der Waals surface area contributed by atoms with E-state index >= 15 is 0 Å². The first kappa shape index (κ1) is 28.7. The normalized spacial score (nSPS) is 11.2. The zero-order valence-corrected chi connectivity index (χ0v) is 24.2. The van der Waals surface area contributed by atoms with Crippen LogP contribution in [0.5, 0.6) is 0 Å². The molecule has 0 atom stereocenters. The van der Waals surface area contributed by atoms with Crippen molar-refractivity contribution in [2.24, 2.45) is 0 Å². The second-order valence-electron chi connectivity index (χ2n) is 10.5. The average molecular weight is 593 g/mol. The van der Waals surface area contributed by atoms with Crippen molar-refractivity contribution in [1.29, 1.82) is 0 Å². The lowest BCUT2D eigenvalue weighted by Gasteiger charge is -2.16. The van der Waals surface area contributed by atoms with Gasteiger partial charge >= 0.3 is 5.76 Å². The summed E-state index contributed by atoms with van der Waals surface area (Å²) in [6.45, 7) is 4.20. The Balaban J connectivity index is 1.26. The Morgan fingerprint density at radius 2 is 1.66 bits per heavy atom. The van der Waals surface area contributed by atoms with E-state index in [0.29, 0.717) is 54.0 Å². The number of aromatic nitrogens is 6. The van der Waals surface area contributed by atoms with Gasteiger partial charge in [-0.1, -0.05) is 77.9 Å². The first-order valence-electron chi connectivity index (χ1n) is 14.3. The molecule has 10 nitrogen and oxygen atoms in total. The van der Waals surface area contributed by atoms with Crippen molar-refractivity contribution in [2.75, 3.05) is 0 Å². The largest absolute Gasteiger partial charge is 0.439 e. The smallest absolute Gasteiger partial charge is 0.339 e. The van der Waals surface area contributed by atoms with Crippen molar-refractivity contribution in [3.63, 3.8) is 0 Å². The molecule has 0 bridgehead atoms. The predicted octanol–water partition coefficient (Wildman–Crippen LogP) is 5.27. The predicted molar refractivity (Wildman–Crippen MR) is 161 cm³/mol. The van der Waals surface area contributed by atoms with Gasteiger partial charge in [-0.2, -0.15) is 4.98 Å². The highest BCUT2D eigenvalue weighted by Gasteiger charge is 2.18. The lowest BCUT2D eigenvalue weighted by Crippen LogP contribution is -2.30. The van der Waals surface area contributed by atoms with E-state index in [-0.39, 0.29) is 17.8 Å². The quantitative estimate of drug-likeness (QED) is 0.228. The molecule has 0 amide bonds. The van der Waals surface area contributed by atoms with Crippen LogP contribution in [0.25, 0.3) is 22.5 Å². The summed E-state index contributed by atoms with van der Waals surface area (Å²) in [5.41, 5.74) is 5.13. The number of rotatable bonds is 10. The number of H-pyrrole nitrogens is 1. The number of nitrogens with one attached hydrogen (secondary N) is 1. The highest BCUT2D eigenvalue weighted by atomic mass is 19.1. The number of aromatic amines is 1. The summed E-state index contributed by atoms with van der Waals surface area (Å²) >= 11 is 0. The lowest BCUT2D eigenvalue weighted by molar-refractivity contribution is 0.379. The van der Waals surface area contributed by atoms with Crippen molar-refractivity contribution in [3.05, 3.63) is 139 Å². The number of hydrogen-bond donors (Lipinski definition) is 1. The van der Waals surface area contributed by atoms with Crippen molar-refractivity contribution in [2.45, 2.75) is 46.1 Å². The second kappa shape index (κ2) is 12.4. The number of halogens is 1. The topological polar surface area (TPSA) is 133 Å². The Bertz CT molecular complexity index is 2040. The molecule has 0 fully saturated rings. The zero-order valence-electron chi connectivity index (χ0n) is 24.2. The standard InChI is InChI=1S/C33H29FN6O4/c1-3-7-29-35-20(2)27(18-30-36-28(38-43-30)17-22-8-6-9-24(34)16-22)32(41)40(29)19-21-12-14-23(15-13-21)25-10-4-5-11-26(25)31-37-33(42)44-39-31/h4-6,8-16H,3,7,17-19H2,1-2H3,(H,37,39,42). The van der Waals surface area contributed by atoms with Crippen LogP contribution in [0, 0.1) is 12.7 Å². The van der Waals surface area contributed by atoms with E-state index in [1.54, 1.807) is 16.7 Å². The minimum atomic E-state index is -0.618. The summed E-state index contributed by atoms with van der Waals surface area (Å²) < 4.78 is 25.4. The van der Waals surface area contributed by atoms with E-state index in [4.69, 9.17) is 14.0 Å². The van der Waals surface area contributed by atoms with Gasteiger partial charge in [0.25, 0.3) is 5.56 Å². The monoisotopic (exact) mass is 592 g/mol. The van der Waals surface area contributed by atoms with Gasteiger partial charge in [0.1, 0.15) is 11.6 Å². The summed E-state index contributed by atoms with van der Waals surface area (Å²) in [4.78, 5) is 37.2. The Hall–Kier alpha value is -5.45. The number of benzene rings is 3. The van der Waals surface area contributed by atoms with Crippen molar-refractivity contribution in [1.82, 2.24) is 29.8 Å². The molecule has 6 aromatic rings. The Morgan fingerprint density at radius 3 is 2.39 bits per heavy atom. The van der Waals surface area contributed by atoms with Crippen LogP contribution < -0.4 is 11.3 Å². The molecule has 44 heavy (non-hydrogen) atoms. The third kappa shape index (κ3) is 6.17. The Labute approximate surface area is 251 Å². The summed E-state index contributed by atoms with van der Waals surface area (Å²) in [6, 6.07) is 21.7. The molecular formula is C33H29FN6O4. The van der Waals surface area contributed by atoms with E-state index in [0.717, 1.165) is 34.2 Å². The molecule has 6 rings (SSSR count). The molecule has 0 saturated heterocycles. The molecule has 0 aliphatic heterocycles. The van der Waals surface area contributed by atoms with E-state index in [9.17, 15) is 14.0 Å². The van der Waals surface area contributed by atoms with Gasteiger partial charge < -0.3 is 4.52 Å². The number of aryl methyl sites for hydroxylation is 2. The fourth-order valence-corrected chi connectivity index (χ4v) is 5.21. The molecule has 0 radical (unpaired) electrons. The average Bonchev–Trinajstić information content (AvgIpc) is 3.66. The summed E-state index contributed by atoms with van der Waals surface area (Å²) in [5, 5.41) is 7.86. The first-order valence-corrected chi connectivity index (χ1v) is 14.3. The minimum Gasteiger partial charge on any atom is -0.339 e. The molecular weight excluding hydrogens is 563 g/mol. The highest BCUT2D eigenvalue weighted by molar-refractivity contribution is 5.80. The van der Waals surface area contributed by atoms with Crippen LogP contribution in [0.1, 0.15) is 53.3 Å². The van der Waals surface area contributed by atoms with Gasteiger partial charge in [0.2, 0.25) is 5.89 Å². The molecule has 3 heterocycles. The van der Waals surface area contributed by atoms with E-state index < -0.39 is 5.76 Å². The molecule has 0 unspecified atom stereocenters. The van der Waals surface area contributed by atoms with Crippen LogP contribution in [0.3, 0.4) is 0 Å². The zero-order chi connectivity index (χ0) is 30.6. The third-order valence-corrected chi connectivity index (χ3v) is 7.34. The van der Waals surface area contributed by atoms with Gasteiger partial charge in [0.05, 0.1) is 13.0 Å². The fourth-order valence-electron chi connectivity index (χ4n) is 5.21. The number of nitrogens with zero attached hydrogens (tertiary/aromatic N) is 5. The molecule has 11 heteroatoms. The van der Waals surface area contributed by atoms with E-state index in [2.05, 4.69) is 20.3 Å². The van der Waals surface area contributed by atoms with Gasteiger partial charge in [0, 0.05) is 29.7 Å². The highest BCUT2D eigenvalue weighted by Crippen LogP contribution is 2.30. The molecule has 3 aromatic heterocycles. The summed E-state index contributed by atoms with van der Waals surface area (Å²) in [5.74, 6) is 0.823. The van der Waals surface area contributed by atoms with Crippen LogP contribution in [0.4, 0.5) is 4.39 Å². The van der Waals surface area contributed by atoms with Gasteiger partial charge in [-0.05, 0) is 47.7 Å². The molecule has 1 N–H and O–H groups in total. The van der Waals surface area contributed by atoms with Gasteiger partial charge in [-0.15, -0.1) is 0 Å². The maximum atomic E-state index is 13.9. The van der Waals surface area contributed by atoms with Crippen molar-refractivity contribution >= 4 is 0 Å². The molecule has 0 saturated carbocycles. The molecule has 222 valence electrons. The lowest BCUT2D eigenvalue weighted by atomic mass is 9.98. The molecule has 0 aliphatic carbocycles. The van der Waals surface area contributed by atoms with E-state index in [1.807, 2.05) is 62.4 Å². The maximum Gasteiger partial charge on any atom is 0.439 e. The van der Waals surface area contributed by atoms with Crippen LogP contribution in [-0.4, -0.2) is 29.8 Å². The third-order valence-electron chi connectivity index (χ3n) is 7.34. The summed E-state index contributed by atoms with van der Waals surface area (Å²) in [6.07, 6.45) is 1.93. The SMILES string of the molecule is CCCc1nc(C)c(Cc2nc(Cc3cccc(F)c3)no2)c(=O)n1Cc1ccc(-c2ccccc2-c2noc(=O)[nH]2)cc1. The van der Waals surface area contributed by atoms with E-state index in [1.165, 1.54) is 12.1 Å².